The van der Waals surface area contributed by atoms with Crippen molar-refractivity contribution in [1.82, 2.24) is 10.3 Å². The SMILES string of the molecule is C/C=C/NC/C(N)=C/C(=N)c1ccc(C)nc1. The largest absolute Gasteiger partial charge is 0.401 e. The number of hydrogen-bond acceptors (Lipinski definition) is 4. The fourth-order valence-corrected chi connectivity index (χ4v) is 1.24. The van der Waals surface area contributed by atoms with Crippen LogP contribution >= 0.6 is 0 Å². The fraction of sp³-hybridized carbons (Fsp3) is 0.231. The summed E-state index contributed by atoms with van der Waals surface area (Å²) in [7, 11) is 0. The van der Waals surface area contributed by atoms with Gasteiger partial charge in [0.1, 0.15) is 0 Å². The molecule has 1 rings (SSSR count). The second-order valence-electron chi connectivity index (χ2n) is 3.70. The number of aryl methyl sites for hydroxylation is 1. The third-order valence-corrected chi connectivity index (χ3v) is 2.14. The van der Waals surface area contributed by atoms with E-state index in [1.807, 2.05) is 38.3 Å². The summed E-state index contributed by atoms with van der Waals surface area (Å²) >= 11 is 0. The number of rotatable bonds is 5. The Hall–Kier alpha value is -2.10. The maximum absolute atomic E-state index is 7.87. The van der Waals surface area contributed by atoms with Crippen molar-refractivity contribution < 1.29 is 0 Å². The molecule has 0 atom stereocenters. The molecule has 90 valence electrons. The second kappa shape index (κ2) is 6.48. The summed E-state index contributed by atoms with van der Waals surface area (Å²) in [5, 5.41) is 10.9. The first-order valence-electron chi connectivity index (χ1n) is 5.45. The van der Waals surface area contributed by atoms with Gasteiger partial charge in [-0.05, 0) is 38.3 Å². The lowest BCUT2D eigenvalue weighted by atomic mass is 10.1. The standard InChI is InChI=1S/C13H18N4/c1-3-6-16-9-12(14)7-13(15)11-5-4-10(2)17-8-11/h3-8,15-16H,9,14H2,1-2H3/b6-3+,12-7-,15-13?. The van der Waals surface area contributed by atoms with Gasteiger partial charge in [0.25, 0.3) is 0 Å². The van der Waals surface area contributed by atoms with Gasteiger partial charge in [0.05, 0.1) is 12.3 Å². The lowest BCUT2D eigenvalue weighted by molar-refractivity contribution is 0.923. The summed E-state index contributed by atoms with van der Waals surface area (Å²) in [6, 6.07) is 3.75. The molecule has 1 aromatic rings. The van der Waals surface area contributed by atoms with Gasteiger partial charge in [-0.15, -0.1) is 0 Å². The van der Waals surface area contributed by atoms with Crippen molar-refractivity contribution in [3.8, 4) is 0 Å². The van der Waals surface area contributed by atoms with Gasteiger partial charge < -0.3 is 16.5 Å². The van der Waals surface area contributed by atoms with E-state index >= 15 is 0 Å². The first-order chi connectivity index (χ1) is 8.13. The van der Waals surface area contributed by atoms with Crippen LogP contribution in [0.1, 0.15) is 18.2 Å². The van der Waals surface area contributed by atoms with Crippen molar-refractivity contribution in [2.75, 3.05) is 6.54 Å². The quantitative estimate of drug-likeness (QED) is 0.674. The predicted molar refractivity (Wildman–Crippen MR) is 70.9 cm³/mol. The molecule has 4 N–H and O–H groups in total. The topological polar surface area (TPSA) is 74.8 Å². The molecular weight excluding hydrogens is 212 g/mol. The minimum Gasteiger partial charge on any atom is -0.401 e. The number of pyridine rings is 1. The van der Waals surface area contributed by atoms with E-state index in [1.165, 1.54) is 0 Å². The number of aromatic nitrogens is 1. The van der Waals surface area contributed by atoms with Gasteiger partial charge in [-0.2, -0.15) is 0 Å². The molecule has 0 radical (unpaired) electrons. The van der Waals surface area contributed by atoms with E-state index in [9.17, 15) is 0 Å². The molecule has 4 nitrogen and oxygen atoms in total. The molecule has 0 aliphatic heterocycles. The van der Waals surface area contributed by atoms with Crippen LogP contribution in [0.2, 0.25) is 0 Å². The number of nitrogens with zero attached hydrogens (tertiary/aromatic N) is 1. The van der Waals surface area contributed by atoms with E-state index < -0.39 is 0 Å². The van der Waals surface area contributed by atoms with Crippen LogP contribution in [0.3, 0.4) is 0 Å². The van der Waals surface area contributed by atoms with Crippen molar-refractivity contribution in [1.29, 1.82) is 5.41 Å². The third kappa shape index (κ3) is 4.51. The van der Waals surface area contributed by atoms with Crippen LogP contribution in [-0.2, 0) is 0 Å². The van der Waals surface area contributed by atoms with Gasteiger partial charge in [-0.25, -0.2) is 0 Å². The number of nitrogens with two attached hydrogens (primary N) is 1. The molecule has 0 aliphatic carbocycles. The zero-order chi connectivity index (χ0) is 12.7. The highest BCUT2D eigenvalue weighted by atomic mass is 14.9. The average molecular weight is 230 g/mol. The zero-order valence-electron chi connectivity index (χ0n) is 10.2. The van der Waals surface area contributed by atoms with Gasteiger partial charge >= 0.3 is 0 Å². The first kappa shape index (κ1) is 13.0. The van der Waals surface area contributed by atoms with E-state index in [4.69, 9.17) is 11.1 Å². The molecule has 0 aliphatic rings. The van der Waals surface area contributed by atoms with Gasteiger partial charge in [0.15, 0.2) is 0 Å². The minimum absolute atomic E-state index is 0.372. The molecular formula is C13H18N4. The van der Waals surface area contributed by atoms with Crippen molar-refractivity contribution in [2.24, 2.45) is 5.73 Å². The molecule has 0 bridgehead atoms. The summed E-state index contributed by atoms with van der Waals surface area (Å²) in [4.78, 5) is 4.15. The van der Waals surface area contributed by atoms with E-state index in [2.05, 4.69) is 10.3 Å². The Kier molecular flexibility index (Phi) is 4.94. The van der Waals surface area contributed by atoms with Crippen molar-refractivity contribution >= 4 is 5.71 Å². The van der Waals surface area contributed by atoms with Crippen LogP contribution in [0, 0.1) is 12.3 Å². The Bertz CT molecular complexity index is 429. The molecule has 1 aromatic heterocycles. The minimum atomic E-state index is 0.372. The summed E-state index contributed by atoms with van der Waals surface area (Å²) in [6.45, 7) is 4.37. The summed E-state index contributed by atoms with van der Waals surface area (Å²) < 4.78 is 0. The molecule has 0 spiro atoms. The first-order valence-corrected chi connectivity index (χ1v) is 5.45. The highest BCUT2D eigenvalue weighted by Crippen LogP contribution is 2.02. The molecule has 0 unspecified atom stereocenters. The number of nitrogens with one attached hydrogen (secondary N) is 2. The highest BCUT2D eigenvalue weighted by Gasteiger charge is 1.99. The van der Waals surface area contributed by atoms with E-state index in [0.29, 0.717) is 18.0 Å². The van der Waals surface area contributed by atoms with Crippen molar-refractivity contribution in [3.05, 3.63) is 53.6 Å². The summed E-state index contributed by atoms with van der Waals surface area (Å²) in [5.41, 5.74) is 8.48. The van der Waals surface area contributed by atoms with Gasteiger partial charge in [0, 0.05) is 23.2 Å². The molecule has 0 aromatic carbocycles. The maximum atomic E-state index is 7.87. The molecule has 17 heavy (non-hydrogen) atoms. The summed E-state index contributed by atoms with van der Waals surface area (Å²) in [6.07, 6.45) is 7.03. The van der Waals surface area contributed by atoms with Crippen molar-refractivity contribution in [3.63, 3.8) is 0 Å². The highest BCUT2D eigenvalue weighted by molar-refractivity contribution is 6.06. The smallest absolute Gasteiger partial charge is 0.0645 e. The molecule has 4 heteroatoms. The molecule has 0 amide bonds. The van der Waals surface area contributed by atoms with Gasteiger partial charge in [0.2, 0.25) is 0 Å². The van der Waals surface area contributed by atoms with Gasteiger partial charge in [-0.1, -0.05) is 6.08 Å². The Balaban J connectivity index is 2.64. The second-order valence-corrected chi connectivity index (χ2v) is 3.70. The lowest BCUT2D eigenvalue weighted by Gasteiger charge is -2.03. The number of hydrogen-bond donors (Lipinski definition) is 3. The molecule has 0 fully saturated rings. The Morgan fingerprint density at radius 2 is 2.29 bits per heavy atom. The lowest BCUT2D eigenvalue weighted by Crippen LogP contribution is -2.16. The monoisotopic (exact) mass is 230 g/mol. The van der Waals surface area contributed by atoms with E-state index in [0.717, 1.165) is 11.3 Å². The van der Waals surface area contributed by atoms with E-state index in [1.54, 1.807) is 12.3 Å². The normalized spacial score (nSPS) is 11.8. The van der Waals surface area contributed by atoms with Crippen LogP contribution in [0.5, 0.6) is 0 Å². The molecule has 0 saturated heterocycles. The van der Waals surface area contributed by atoms with E-state index in [-0.39, 0.29) is 0 Å². The Labute approximate surface area is 102 Å². The third-order valence-electron chi connectivity index (χ3n) is 2.14. The van der Waals surface area contributed by atoms with Crippen LogP contribution in [0.25, 0.3) is 0 Å². The maximum Gasteiger partial charge on any atom is 0.0645 e. The zero-order valence-corrected chi connectivity index (χ0v) is 10.2. The van der Waals surface area contributed by atoms with Gasteiger partial charge in [-0.3, -0.25) is 4.98 Å². The number of allylic oxidation sites excluding steroid dienone is 2. The van der Waals surface area contributed by atoms with Crippen LogP contribution < -0.4 is 11.1 Å². The van der Waals surface area contributed by atoms with Crippen molar-refractivity contribution in [2.45, 2.75) is 13.8 Å². The molecule has 1 heterocycles. The predicted octanol–water partition coefficient (Wildman–Crippen LogP) is 1.72. The summed E-state index contributed by atoms with van der Waals surface area (Å²) in [5.74, 6) is 0. The Morgan fingerprint density at radius 1 is 1.53 bits per heavy atom. The Morgan fingerprint density at radius 3 is 2.88 bits per heavy atom. The average Bonchev–Trinajstić information content (AvgIpc) is 2.30. The fourth-order valence-electron chi connectivity index (χ4n) is 1.24. The van der Waals surface area contributed by atoms with Crippen LogP contribution in [-0.4, -0.2) is 17.2 Å². The van der Waals surface area contributed by atoms with Crippen LogP contribution in [0.15, 0.2) is 42.4 Å². The van der Waals surface area contributed by atoms with Crippen LogP contribution in [0.4, 0.5) is 0 Å². The molecule has 0 saturated carbocycles.